The Bertz CT molecular complexity index is 996. The number of amides is 1. The lowest BCUT2D eigenvalue weighted by atomic mass is 10.0. The van der Waals surface area contributed by atoms with Crippen LogP contribution < -0.4 is 14.8 Å². The van der Waals surface area contributed by atoms with Crippen molar-refractivity contribution in [2.45, 2.75) is 44.9 Å². The molecule has 176 valence electrons. The van der Waals surface area contributed by atoms with Crippen LogP contribution in [-0.2, 0) is 9.59 Å². The number of benzene rings is 2. The molecule has 2 N–H and O–H groups in total. The number of carboxylic acids is 1. The first-order valence-corrected chi connectivity index (χ1v) is 10.6. The molecule has 0 bridgehead atoms. The average molecular weight is 463 g/mol. The number of ether oxygens (including phenoxy) is 2. The minimum Gasteiger partial charge on any atom is -0.477 e. The number of hydrogen-bond donors (Lipinski definition) is 2. The number of rotatable bonds is 9. The number of para-hydroxylation sites is 2. The summed E-state index contributed by atoms with van der Waals surface area (Å²) >= 11 is 0. The molecule has 1 amide bonds. The lowest BCUT2D eigenvalue weighted by molar-refractivity contribution is -0.275. The number of alkyl halides is 3. The normalized spacial score (nSPS) is 14.7. The highest BCUT2D eigenvalue weighted by Crippen LogP contribution is 2.35. The van der Waals surface area contributed by atoms with E-state index in [0.717, 1.165) is 25.3 Å². The fourth-order valence-corrected chi connectivity index (χ4v) is 3.67. The largest absolute Gasteiger partial charge is 0.573 e. The second-order valence-corrected chi connectivity index (χ2v) is 7.77. The highest BCUT2D eigenvalue weighted by atomic mass is 19.4. The van der Waals surface area contributed by atoms with Crippen molar-refractivity contribution in [2.75, 3.05) is 0 Å². The number of nitrogens with one attached hydrogen (secondary N) is 1. The van der Waals surface area contributed by atoms with Crippen molar-refractivity contribution in [2.24, 2.45) is 5.92 Å². The molecule has 0 radical (unpaired) electrons. The zero-order chi connectivity index (χ0) is 23.8. The van der Waals surface area contributed by atoms with Crippen LogP contribution in [0.3, 0.4) is 0 Å². The standard InChI is InChI=1S/C24H24F3NO5/c25-24(26,27)33-21-8-4-3-7-20(21)32-18-12-9-17(10-13-18)15-19(23(30)31)28-22(29)14-11-16-5-1-2-6-16/h3-4,7-10,12-13,15-16H,1-2,5-6,11,14H2,(H,28,29)(H,30,31). The number of halogens is 3. The first-order chi connectivity index (χ1) is 15.7. The van der Waals surface area contributed by atoms with Crippen molar-refractivity contribution in [3.05, 3.63) is 59.8 Å². The molecule has 0 aromatic heterocycles. The summed E-state index contributed by atoms with van der Waals surface area (Å²) in [6, 6.07) is 11.3. The summed E-state index contributed by atoms with van der Waals surface area (Å²) in [6.45, 7) is 0. The molecule has 0 spiro atoms. The van der Waals surface area contributed by atoms with E-state index in [1.807, 2.05) is 0 Å². The molecule has 0 heterocycles. The van der Waals surface area contributed by atoms with Crippen molar-refractivity contribution in [1.82, 2.24) is 5.32 Å². The number of hydrogen-bond acceptors (Lipinski definition) is 4. The quantitative estimate of drug-likeness (QED) is 0.453. The van der Waals surface area contributed by atoms with Gasteiger partial charge in [0.1, 0.15) is 11.4 Å². The molecular weight excluding hydrogens is 439 g/mol. The molecular formula is C24H24F3NO5. The monoisotopic (exact) mass is 463 g/mol. The van der Waals surface area contributed by atoms with E-state index in [2.05, 4.69) is 10.1 Å². The van der Waals surface area contributed by atoms with Gasteiger partial charge in [-0.25, -0.2) is 4.79 Å². The highest BCUT2D eigenvalue weighted by Gasteiger charge is 2.32. The van der Waals surface area contributed by atoms with Gasteiger partial charge < -0.3 is 19.9 Å². The third kappa shape index (κ3) is 7.85. The van der Waals surface area contributed by atoms with Gasteiger partial charge in [-0.15, -0.1) is 13.2 Å². The number of carbonyl (C=O) groups is 2. The maximum atomic E-state index is 12.6. The molecule has 0 saturated heterocycles. The molecule has 2 aromatic rings. The van der Waals surface area contributed by atoms with Crippen LogP contribution in [0.25, 0.3) is 6.08 Å². The summed E-state index contributed by atoms with van der Waals surface area (Å²) in [7, 11) is 0. The van der Waals surface area contributed by atoms with Crippen molar-refractivity contribution >= 4 is 18.0 Å². The fraction of sp³-hybridized carbons (Fsp3) is 0.333. The van der Waals surface area contributed by atoms with Gasteiger partial charge in [-0.05, 0) is 48.2 Å². The maximum Gasteiger partial charge on any atom is 0.573 e. The van der Waals surface area contributed by atoms with Gasteiger partial charge in [0.2, 0.25) is 5.91 Å². The first-order valence-electron chi connectivity index (χ1n) is 10.6. The first kappa shape index (κ1) is 24.2. The summed E-state index contributed by atoms with van der Waals surface area (Å²) in [4.78, 5) is 23.7. The van der Waals surface area contributed by atoms with E-state index in [9.17, 15) is 27.9 Å². The number of carbonyl (C=O) groups excluding carboxylic acids is 1. The molecule has 1 fully saturated rings. The number of aliphatic carboxylic acids is 1. The van der Waals surface area contributed by atoms with Gasteiger partial charge in [-0.2, -0.15) is 0 Å². The van der Waals surface area contributed by atoms with E-state index in [4.69, 9.17) is 4.74 Å². The lowest BCUT2D eigenvalue weighted by Gasteiger charge is -2.13. The van der Waals surface area contributed by atoms with Crippen LogP contribution in [0, 0.1) is 5.92 Å². The molecule has 0 atom stereocenters. The molecule has 1 saturated carbocycles. The van der Waals surface area contributed by atoms with E-state index < -0.39 is 18.1 Å². The third-order valence-corrected chi connectivity index (χ3v) is 5.25. The van der Waals surface area contributed by atoms with Gasteiger partial charge in [0, 0.05) is 6.42 Å². The Morgan fingerprint density at radius 2 is 1.67 bits per heavy atom. The Labute approximate surface area is 189 Å². The summed E-state index contributed by atoms with van der Waals surface area (Å²) in [5.41, 5.74) is 0.208. The fourth-order valence-electron chi connectivity index (χ4n) is 3.67. The van der Waals surface area contributed by atoms with Gasteiger partial charge in [0.05, 0.1) is 0 Å². The predicted molar refractivity (Wildman–Crippen MR) is 115 cm³/mol. The Balaban J connectivity index is 1.64. The maximum absolute atomic E-state index is 12.6. The van der Waals surface area contributed by atoms with E-state index in [1.165, 1.54) is 61.4 Å². The molecule has 0 unspecified atom stereocenters. The second-order valence-electron chi connectivity index (χ2n) is 7.77. The summed E-state index contributed by atoms with van der Waals surface area (Å²) in [6.07, 6.45) is 2.02. The van der Waals surface area contributed by atoms with Gasteiger partial charge in [-0.3, -0.25) is 4.79 Å². The van der Waals surface area contributed by atoms with E-state index in [-0.39, 0.29) is 29.5 Å². The Hall–Kier alpha value is -3.49. The molecule has 1 aliphatic carbocycles. The van der Waals surface area contributed by atoms with Crippen molar-refractivity contribution in [3.8, 4) is 17.2 Å². The van der Waals surface area contributed by atoms with E-state index >= 15 is 0 Å². The van der Waals surface area contributed by atoms with Crippen LogP contribution in [0.1, 0.15) is 44.1 Å². The van der Waals surface area contributed by atoms with Crippen LogP contribution in [0.5, 0.6) is 17.2 Å². The number of carboxylic acid groups (broad SMARTS) is 1. The SMILES string of the molecule is O=C(CCC1CCCC1)NC(=Cc1ccc(Oc2ccccc2OC(F)(F)F)cc1)C(=O)O. The minimum absolute atomic E-state index is 0.126. The predicted octanol–water partition coefficient (Wildman–Crippen LogP) is 5.89. The highest BCUT2D eigenvalue weighted by molar-refractivity contribution is 5.96. The minimum atomic E-state index is -4.86. The van der Waals surface area contributed by atoms with Crippen molar-refractivity contribution < 1.29 is 37.3 Å². The Kier molecular flexibility index (Phi) is 7.97. The van der Waals surface area contributed by atoms with E-state index in [1.54, 1.807) is 0 Å². The van der Waals surface area contributed by atoms with Crippen LogP contribution in [0.15, 0.2) is 54.2 Å². The molecule has 33 heavy (non-hydrogen) atoms. The van der Waals surface area contributed by atoms with Crippen molar-refractivity contribution in [3.63, 3.8) is 0 Å². The van der Waals surface area contributed by atoms with Gasteiger partial charge in [0.25, 0.3) is 0 Å². The summed E-state index contributed by atoms with van der Waals surface area (Å²) in [5, 5.41) is 11.9. The molecule has 0 aliphatic heterocycles. The van der Waals surface area contributed by atoms with Crippen molar-refractivity contribution in [1.29, 1.82) is 0 Å². The molecule has 9 heteroatoms. The summed E-state index contributed by atoms with van der Waals surface area (Å²) in [5.74, 6) is -1.49. The Morgan fingerprint density at radius 3 is 2.27 bits per heavy atom. The van der Waals surface area contributed by atoms with Crippen LogP contribution in [-0.4, -0.2) is 23.3 Å². The van der Waals surface area contributed by atoms with Gasteiger partial charge in [0.15, 0.2) is 11.5 Å². The molecule has 2 aromatic carbocycles. The smallest absolute Gasteiger partial charge is 0.477 e. The lowest BCUT2D eigenvalue weighted by Crippen LogP contribution is -2.27. The zero-order valence-electron chi connectivity index (χ0n) is 17.7. The molecule has 1 aliphatic rings. The van der Waals surface area contributed by atoms with Crippen LogP contribution >= 0.6 is 0 Å². The van der Waals surface area contributed by atoms with Gasteiger partial charge >= 0.3 is 12.3 Å². The topological polar surface area (TPSA) is 84.9 Å². The summed E-state index contributed by atoms with van der Waals surface area (Å²) < 4.78 is 47.1. The van der Waals surface area contributed by atoms with Gasteiger partial charge in [-0.1, -0.05) is 49.9 Å². The Morgan fingerprint density at radius 1 is 1.03 bits per heavy atom. The zero-order valence-corrected chi connectivity index (χ0v) is 17.7. The third-order valence-electron chi connectivity index (χ3n) is 5.25. The van der Waals surface area contributed by atoms with Crippen LogP contribution in [0.2, 0.25) is 0 Å². The molecule has 6 nitrogen and oxygen atoms in total. The average Bonchev–Trinajstić information content (AvgIpc) is 3.27. The molecule has 3 rings (SSSR count). The second kappa shape index (κ2) is 10.9. The van der Waals surface area contributed by atoms with Crippen LogP contribution in [0.4, 0.5) is 13.2 Å². The van der Waals surface area contributed by atoms with E-state index in [0.29, 0.717) is 11.5 Å².